The number of hydrogen-bond acceptors (Lipinski definition) is 5. The first-order valence-corrected chi connectivity index (χ1v) is 14.3. The molecule has 0 aliphatic heterocycles. The molecular formula is C31H24ClN3O2S2. The number of thiazole rings is 1. The minimum atomic E-state index is -0.508. The van der Waals surface area contributed by atoms with E-state index in [1.807, 2.05) is 109 Å². The lowest BCUT2D eigenvalue weighted by molar-refractivity contribution is -0.115. The van der Waals surface area contributed by atoms with Gasteiger partial charge in [-0.3, -0.25) is 9.59 Å². The van der Waals surface area contributed by atoms with Crippen LogP contribution in [0.3, 0.4) is 0 Å². The van der Waals surface area contributed by atoms with Crippen molar-refractivity contribution in [3.05, 3.63) is 130 Å². The number of aromatic nitrogens is 1. The standard InChI is InChI=1S/C31H24ClN3O2S2/c1-20-8-7-11-22(18-20)29(36)33-23-14-16-24(17-15-23)39-28(21-9-3-2-4-10-21)30(37)35-31-34-27(19-38-31)25-12-5-6-13-26(25)32/h2-19,28H,1H3,(H,33,36)(H,34,35,37). The molecule has 5 aromatic rings. The number of thioether (sulfide) groups is 1. The fourth-order valence-electron chi connectivity index (χ4n) is 3.94. The smallest absolute Gasteiger partial charge is 0.255 e. The zero-order valence-electron chi connectivity index (χ0n) is 20.9. The summed E-state index contributed by atoms with van der Waals surface area (Å²) < 4.78 is 0. The van der Waals surface area contributed by atoms with E-state index in [-0.39, 0.29) is 11.8 Å². The van der Waals surface area contributed by atoms with Crippen molar-refractivity contribution in [1.29, 1.82) is 0 Å². The maximum Gasteiger partial charge on any atom is 0.255 e. The Balaban J connectivity index is 1.30. The summed E-state index contributed by atoms with van der Waals surface area (Å²) in [6.45, 7) is 1.95. The molecule has 5 nitrogen and oxygen atoms in total. The van der Waals surface area contributed by atoms with Crippen molar-refractivity contribution in [3.8, 4) is 11.3 Å². The van der Waals surface area contributed by atoms with Crippen LogP contribution in [0.4, 0.5) is 10.8 Å². The van der Waals surface area contributed by atoms with Gasteiger partial charge in [-0.2, -0.15) is 0 Å². The van der Waals surface area contributed by atoms with Crippen LogP contribution < -0.4 is 10.6 Å². The molecule has 0 saturated heterocycles. The van der Waals surface area contributed by atoms with Gasteiger partial charge < -0.3 is 10.6 Å². The molecule has 0 spiro atoms. The van der Waals surface area contributed by atoms with E-state index in [9.17, 15) is 9.59 Å². The molecule has 1 unspecified atom stereocenters. The summed E-state index contributed by atoms with van der Waals surface area (Å²) in [4.78, 5) is 31.6. The number of halogens is 1. The Hall–Kier alpha value is -3.91. The summed E-state index contributed by atoms with van der Waals surface area (Å²) in [6.07, 6.45) is 0. The van der Waals surface area contributed by atoms with Crippen LogP contribution in [0.15, 0.2) is 113 Å². The average molecular weight is 570 g/mol. The molecule has 0 aliphatic carbocycles. The first-order valence-electron chi connectivity index (χ1n) is 12.2. The minimum Gasteiger partial charge on any atom is -0.322 e. The van der Waals surface area contributed by atoms with E-state index in [1.54, 1.807) is 6.07 Å². The number of anilines is 2. The van der Waals surface area contributed by atoms with Gasteiger partial charge in [0.15, 0.2) is 5.13 Å². The van der Waals surface area contributed by atoms with Gasteiger partial charge in [0, 0.05) is 32.1 Å². The number of nitrogens with one attached hydrogen (secondary N) is 2. The Morgan fingerprint density at radius 3 is 2.36 bits per heavy atom. The van der Waals surface area contributed by atoms with E-state index in [4.69, 9.17) is 11.6 Å². The highest BCUT2D eigenvalue weighted by Gasteiger charge is 2.23. The number of amides is 2. The lowest BCUT2D eigenvalue weighted by atomic mass is 10.1. The molecule has 2 amide bonds. The molecule has 4 aromatic carbocycles. The Bertz CT molecular complexity index is 1600. The van der Waals surface area contributed by atoms with Gasteiger partial charge in [-0.05, 0) is 55.0 Å². The van der Waals surface area contributed by atoms with E-state index in [2.05, 4.69) is 15.6 Å². The van der Waals surface area contributed by atoms with Gasteiger partial charge in [0.05, 0.1) is 5.69 Å². The highest BCUT2D eigenvalue weighted by molar-refractivity contribution is 8.00. The molecule has 5 rings (SSSR count). The Labute approximate surface area is 240 Å². The van der Waals surface area contributed by atoms with Crippen molar-refractivity contribution >= 4 is 57.3 Å². The molecule has 8 heteroatoms. The molecule has 2 N–H and O–H groups in total. The molecule has 0 aliphatic rings. The van der Waals surface area contributed by atoms with Crippen LogP contribution in [0.1, 0.15) is 26.7 Å². The summed E-state index contributed by atoms with van der Waals surface area (Å²) >= 11 is 9.11. The quantitative estimate of drug-likeness (QED) is 0.184. The van der Waals surface area contributed by atoms with Crippen molar-refractivity contribution in [2.24, 2.45) is 0 Å². The lowest BCUT2D eigenvalue weighted by Gasteiger charge is -2.16. The largest absolute Gasteiger partial charge is 0.322 e. The summed E-state index contributed by atoms with van der Waals surface area (Å²) in [5.41, 5.74) is 4.72. The molecule has 1 heterocycles. The van der Waals surface area contributed by atoms with Crippen LogP contribution in [0, 0.1) is 6.92 Å². The predicted molar refractivity (Wildman–Crippen MR) is 162 cm³/mol. The fraction of sp³-hybridized carbons (Fsp3) is 0.0645. The van der Waals surface area contributed by atoms with E-state index >= 15 is 0 Å². The number of carbonyl (C=O) groups excluding carboxylic acids is 2. The SMILES string of the molecule is Cc1cccc(C(=O)Nc2ccc(SC(C(=O)Nc3nc(-c4ccccc4Cl)cs3)c3ccccc3)cc2)c1. The second-order valence-electron chi connectivity index (χ2n) is 8.76. The van der Waals surface area contributed by atoms with Crippen molar-refractivity contribution in [1.82, 2.24) is 4.98 Å². The molecule has 39 heavy (non-hydrogen) atoms. The van der Waals surface area contributed by atoms with Crippen LogP contribution >= 0.6 is 34.7 Å². The van der Waals surface area contributed by atoms with Crippen molar-refractivity contribution in [3.63, 3.8) is 0 Å². The summed E-state index contributed by atoms with van der Waals surface area (Å²) in [7, 11) is 0. The van der Waals surface area contributed by atoms with Gasteiger partial charge in [-0.1, -0.05) is 77.8 Å². The van der Waals surface area contributed by atoms with Gasteiger partial charge in [0.2, 0.25) is 5.91 Å². The number of rotatable bonds is 8. The Kier molecular flexibility index (Phi) is 8.42. The van der Waals surface area contributed by atoms with Crippen molar-refractivity contribution in [2.45, 2.75) is 17.1 Å². The average Bonchev–Trinajstić information content (AvgIpc) is 3.41. The molecule has 194 valence electrons. The molecule has 1 aromatic heterocycles. The van der Waals surface area contributed by atoms with Crippen LogP contribution in [-0.2, 0) is 4.79 Å². The highest BCUT2D eigenvalue weighted by atomic mass is 35.5. The predicted octanol–water partition coefficient (Wildman–Crippen LogP) is 8.50. The normalized spacial score (nSPS) is 11.5. The summed E-state index contributed by atoms with van der Waals surface area (Å²) in [6, 6.07) is 32.0. The van der Waals surface area contributed by atoms with Gasteiger partial charge in [0.25, 0.3) is 5.91 Å². The second kappa shape index (κ2) is 12.3. The van der Waals surface area contributed by atoms with E-state index in [1.165, 1.54) is 23.1 Å². The van der Waals surface area contributed by atoms with Gasteiger partial charge in [0.1, 0.15) is 5.25 Å². The minimum absolute atomic E-state index is 0.166. The third kappa shape index (κ3) is 6.75. The van der Waals surface area contributed by atoms with Gasteiger partial charge in [-0.15, -0.1) is 23.1 Å². The first kappa shape index (κ1) is 26.7. The van der Waals surface area contributed by atoms with E-state index < -0.39 is 5.25 Å². The van der Waals surface area contributed by atoms with Crippen LogP contribution in [0.2, 0.25) is 5.02 Å². The molecular weight excluding hydrogens is 546 g/mol. The van der Waals surface area contributed by atoms with Gasteiger partial charge in [-0.25, -0.2) is 4.98 Å². The summed E-state index contributed by atoms with van der Waals surface area (Å²) in [5.74, 6) is -0.344. The highest BCUT2D eigenvalue weighted by Crippen LogP contribution is 2.37. The topological polar surface area (TPSA) is 71.1 Å². The van der Waals surface area contributed by atoms with Crippen molar-refractivity contribution < 1.29 is 9.59 Å². The number of benzene rings is 4. The third-order valence-electron chi connectivity index (χ3n) is 5.87. The number of carbonyl (C=O) groups is 2. The number of hydrogen-bond donors (Lipinski definition) is 2. The first-order chi connectivity index (χ1) is 19.0. The zero-order chi connectivity index (χ0) is 27.2. The second-order valence-corrected chi connectivity index (χ2v) is 11.2. The van der Waals surface area contributed by atoms with Gasteiger partial charge >= 0.3 is 0 Å². The summed E-state index contributed by atoms with van der Waals surface area (Å²) in [5, 5.41) is 8.39. The lowest BCUT2D eigenvalue weighted by Crippen LogP contribution is -2.19. The Morgan fingerprint density at radius 2 is 1.62 bits per heavy atom. The van der Waals surface area contributed by atoms with Crippen LogP contribution in [-0.4, -0.2) is 16.8 Å². The molecule has 0 fully saturated rings. The number of nitrogens with zero attached hydrogens (tertiary/aromatic N) is 1. The van der Waals surface area contributed by atoms with E-state index in [0.717, 1.165) is 21.6 Å². The molecule has 0 bridgehead atoms. The maximum absolute atomic E-state index is 13.5. The monoisotopic (exact) mass is 569 g/mol. The molecule has 0 saturated carbocycles. The zero-order valence-corrected chi connectivity index (χ0v) is 23.3. The maximum atomic E-state index is 13.5. The Morgan fingerprint density at radius 1 is 0.872 bits per heavy atom. The molecule has 0 radical (unpaired) electrons. The van der Waals surface area contributed by atoms with Crippen molar-refractivity contribution in [2.75, 3.05) is 10.6 Å². The molecule has 1 atom stereocenters. The van der Waals surface area contributed by atoms with Crippen LogP contribution in [0.5, 0.6) is 0 Å². The fourth-order valence-corrected chi connectivity index (χ4v) is 5.91. The number of aryl methyl sites for hydroxylation is 1. The third-order valence-corrected chi connectivity index (χ3v) is 8.22. The van der Waals surface area contributed by atoms with E-state index in [0.29, 0.717) is 27.1 Å². The van der Waals surface area contributed by atoms with Crippen LogP contribution in [0.25, 0.3) is 11.3 Å².